The van der Waals surface area contributed by atoms with Gasteiger partial charge in [0.1, 0.15) is 0 Å². The van der Waals surface area contributed by atoms with Gasteiger partial charge in [-0.15, -0.1) is 0 Å². The lowest BCUT2D eigenvalue weighted by Crippen LogP contribution is -2.38. The highest BCUT2D eigenvalue weighted by Crippen LogP contribution is 2.29. The van der Waals surface area contributed by atoms with Gasteiger partial charge >= 0.3 is 0 Å². The van der Waals surface area contributed by atoms with Crippen molar-refractivity contribution in [2.75, 3.05) is 33.4 Å². The van der Waals surface area contributed by atoms with Crippen molar-refractivity contribution in [3.63, 3.8) is 0 Å². The smallest absolute Gasteiger partial charge is 0.0589 e. The monoisotopic (exact) mass is 276 g/mol. The molecule has 0 bridgehead atoms. The molecule has 0 radical (unpaired) electrons. The number of hydrogen-bond acceptors (Lipinski definition) is 3. The number of methoxy groups -OCH3 is 1. The van der Waals surface area contributed by atoms with Crippen molar-refractivity contribution in [2.45, 2.75) is 38.8 Å². The van der Waals surface area contributed by atoms with Gasteiger partial charge in [0, 0.05) is 32.3 Å². The number of aryl methyl sites for hydroxylation is 1. The predicted molar refractivity (Wildman–Crippen MR) is 84.1 cm³/mol. The SMILES string of the molecule is CCNC(CN(CCOC)C1CC1)c1ccccc1C. The molecule has 3 nitrogen and oxygen atoms in total. The van der Waals surface area contributed by atoms with Gasteiger partial charge in [-0.25, -0.2) is 0 Å². The first-order chi connectivity index (χ1) is 9.76. The van der Waals surface area contributed by atoms with Gasteiger partial charge in [-0.05, 0) is 37.4 Å². The molecule has 1 fully saturated rings. The lowest BCUT2D eigenvalue weighted by atomic mass is 10.0. The third-order valence-corrected chi connectivity index (χ3v) is 4.08. The average Bonchev–Trinajstić information content (AvgIpc) is 3.27. The minimum Gasteiger partial charge on any atom is -0.383 e. The molecule has 20 heavy (non-hydrogen) atoms. The standard InChI is InChI=1S/C17H28N2O/c1-4-18-17(16-8-6-5-7-14(16)2)13-19(11-12-20-3)15-9-10-15/h5-8,15,17-18H,4,9-13H2,1-3H3. The van der Waals surface area contributed by atoms with E-state index < -0.39 is 0 Å². The lowest BCUT2D eigenvalue weighted by Gasteiger charge is -2.29. The van der Waals surface area contributed by atoms with Crippen LogP contribution < -0.4 is 5.32 Å². The number of nitrogens with one attached hydrogen (secondary N) is 1. The maximum atomic E-state index is 5.26. The van der Waals surface area contributed by atoms with E-state index in [4.69, 9.17) is 4.74 Å². The molecule has 0 saturated heterocycles. The third kappa shape index (κ3) is 4.30. The molecule has 1 N–H and O–H groups in total. The largest absolute Gasteiger partial charge is 0.383 e. The summed E-state index contributed by atoms with van der Waals surface area (Å²) in [6.07, 6.45) is 2.69. The van der Waals surface area contributed by atoms with Crippen molar-refractivity contribution >= 4 is 0 Å². The van der Waals surface area contributed by atoms with E-state index >= 15 is 0 Å². The van der Waals surface area contributed by atoms with Crippen LogP contribution in [0.3, 0.4) is 0 Å². The summed E-state index contributed by atoms with van der Waals surface area (Å²) in [5, 5.41) is 3.65. The van der Waals surface area contributed by atoms with Gasteiger partial charge in [0.25, 0.3) is 0 Å². The fraction of sp³-hybridized carbons (Fsp3) is 0.647. The van der Waals surface area contributed by atoms with Crippen molar-refractivity contribution in [1.82, 2.24) is 10.2 Å². The Kier molecular flexibility index (Phi) is 6.02. The van der Waals surface area contributed by atoms with Crippen LogP contribution in [0.1, 0.15) is 36.9 Å². The van der Waals surface area contributed by atoms with E-state index in [1.165, 1.54) is 24.0 Å². The first kappa shape index (κ1) is 15.5. The van der Waals surface area contributed by atoms with Crippen LogP contribution in [0.5, 0.6) is 0 Å². The molecule has 0 aliphatic heterocycles. The molecular weight excluding hydrogens is 248 g/mol. The minimum atomic E-state index is 0.415. The Labute approximate surface area is 123 Å². The van der Waals surface area contributed by atoms with Gasteiger partial charge in [0.05, 0.1) is 6.61 Å². The Morgan fingerprint density at radius 3 is 2.70 bits per heavy atom. The molecule has 0 spiro atoms. The van der Waals surface area contributed by atoms with E-state index in [0.29, 0.717) is 6.04 Å². The Morgan fingerprint density at radius 2 is 2.10 bits per heavy atom. The number of rotatable bonds is 9. The molecular formula is C17H28N2O. The maximum absolute atomic E-state index is 5.26. The first-order valence-corrected chi connectivity index (χ1v) is 7.78. The van der Waals surface area contributed by atoms with Crippen molar-refractivity contribution < 1.29 is 4.74 Å². The summed E-state index contributed by atoms with van der Waals surface area (Å²) in [4.78, 5) is 2.59. The zero-order chi connectivity index (χ0) is 14.4. The number of hydrogen-bond donors (Lipinski definition) is 1. The second kappa shape index (κ2) is 7.77. The Hall–Kier alpha value is -0.900. The summed E-state index contributed by atoms with van der Waals surface area (Å²) in [6, 6.07) is 9.91. The van der Waals surface area contributed by atoms with Gasteiger partial charge in [0.15, 0.2) is 0 Å². The third-order valence-electron chi connectivity index (χ3n) is 4.08. The lowest BCUT2D eigenvalue weighted by molar-refractivity contribution is 0.136. The molecule has 0 amide bonds. The first-order valence-electron chi connectivity index (χ1n) is 7.78. The van der Waals surface area contributed by atoms with E-state index in [9.17, 15) is 0 Å². The fourth-order valence-corrected chi connectivity index (χ4v) is 2.80. The Bertz CT molecular complexity index is 404. The number of nitrogens with zero attached hydrogens (tertiary/aromatic N) is 1. The summed E-state index contributed by atoms with van der Waals surface area (Å²) in [5.41, 5.74) is 2.80. The summed E-state index contributed by atoms with van der Waals surface area (Å²) in [7, 11) is 1.79. The van der Waals surface area contributed by atoms with E-state index in [0.717, 1.165) is 32.3 Å². The molecule has 1 aromatic carbocycles. The zero-order valence-corrected chi connectivity index (χ0v) is 13.1. The Balaban J connectivity index is 2.05. The summed E-state index contributed by atoms with van der Waals surface area (Å²) in [5.74, 6) is 0. The second-order valence-electron chi connectivity index (χ2n) is 5.69. The van der Waals surface area contributed by atoms with Crippen LogP contribution in [0.15, 0.2) is 24.3 Å². The van der Waals surface area contributed by atoms with Crippen molar-refractivity contribution in [3.8, 4) is 0 Å². The summed E-state index contributed by atoms with van der Waals surface area (Å²) in [6.45, 7) is 8.32. The highest BCUT2D eigenvalue weighted by Gasteiger charge is 2.30. The molecule has 0 aromatic heterocycles. The van der Waals surface area contributed by atoms with Gasteiger partial charge in [0.2, 0.25) is 0 Å². The van der Waals surface area contributed by atoms with Crippen LogP contribution in [-0.2, 0) is 4.74 Å². The van der Waals surface area contributed by atoms with Crippen LogP contribution in [0.2, 0.25) is 0 Å². The van der Waals surface area contributed by atoms with Crippen molar-refractivity contribution in [1.29, 1.82) is 0 Å². The molecule has 1 saturated carbocycles. The van der Waals surface area contributed by atoms with Gasteiger partial charge in [-0.1, -0.05) is 31.2 Å². The molecule has 1 aromatic rings. The molecule has 1 aliphatic carbocycles. The summed E-state index contributed by atoms with van der Waals surface area (Å²) >= 11 is 0. The Morgan fingerprint density at radius 1 is 1.35 bits per heavy atom. The van der Waals surface area contributed by atoms with Gasteiger partial charge in [-0.3, -0.25) is 4.90 Å². The fourth-order valence-electron chi connectivity index (χ4n) is 2.80. The number of benzene rings is 1. The van der Waals surface area contributed by atoms with Crippen LogP contribution in [0.25, 0.3) is 0 Å². The van der Waals surface area contributed by atoms with Crippen LogP contribution >= 0.6 is 0 Å². The van der Waals surface area contributed by atoms with Crippen LogP contribution in [0.4, 0.5) is 0 Å². The van der Waals surface area contributed by atoms with Gasteiger partial charge < -0.3 is 10.1 Å². The van der Waals surface area contributed by atoms with E-state index in [1.54, 1.807) is 7.11 Å². The zero-order valence-electron chi connectivity index (χ0n) is 13.1. The molecule has 112 valence electrons. The van der Waals surface area contributed by atoms with Crippen molar-refractivity contribution in [3.05, 3.63) is 35.4 Å². The molecule has 1 atom stereocenters. The highest BCUT2D eigenvalue weighted by atomic mass is 16.5. The van der Waals surface area contributed by atoms with Crippen molar-refractivity contribution in [2.24, 2.45) is 0 Å². The quantitative estimate of drug-likeness (QED) is 0.750. The topological polar surface area (TPSA) is 24.5 Å². The second-order valence-corrected chi connectivity index (χ2v) is 5.69. The number of likely N-dealkylation sites (N-methyl/N-ethyl adjacent to an activating group) is 1. The summed E-state index contributed by atoms with van der Waals surface area (Å²) < 4.78 is 5.26. The van der Waals surface area contributed by atoms with E-state index in [-0.39, 0.29) is 0 Å². The molecule has 1 unspecified atom stereocenters. The van der Waals surface area contributed by atoms with E-state index in [1.807, 2.05) is 0 Å². The van der Waals surface area contributed by atoms with Crippen LogP contribution in [-0.4, -0.2) is 44.3 Å². The highest BCUT2D eigenvalue weighted by molar-refractivity contribution is 5.29. The molecule has 0 heterocycles. The molecule has 2 rings (SSSR count). The van der Waals surface area contributed by atoms with Crippen LogP contribution in [0, 0.1) is 6.92 Å². The maximum Gasteiger partial charge on any atom is 0.0589 e. The normalized spacial score (nSPS) is 16.6. The molecule has 1 aliphatic rings. The van der Waals surface area contributed by atoms with E-state index in [2.05, 4.69) is 48.3 Å². The van der Waals surface area contributed by atoms with Gasteiger partial charge in [-0.2, -0.15) is 0 Å². The molecule has 3 heteroatoms. The average molecular weight is 276 g/mol. The predicted octanol–water partition coefficient (Wildman–Crippen LogP) is 2.76. The minimum absolute atomic E-state index is 0.415. The number of ether oxygens (including phenoxy) is 1.